The van der Waals surface area contributed by atoms with Crippen LogP contribution in [0, 0.1) is 10.2 Å². The molecule has 0 saturated carbocycles. The molecule has 0 unspecified atom stereocenters. The minimum atomic E-state index is -4.69. The van der Waals surface area contributed by atoms with Gasteiger partial charge in [0.1, 0.15) is 0 Å². The molecule has 0 amide bonds. The molecule has 0 atom stereocenters. The average Bonchev–Trinajstić information content (AvgIpc) is 1.63. The zero-order valence-corrected chi connectivity index (χ0v) is 5.82. The quantitative estimate of drug-likeness (QED) is 0.363. The molecular weight excluding hydrogens is 163 g/mol. The standard InChI is InChI=1S/C3H8N2.ClHO4/c4-2-1-3-5;2-1(3,4)5/h1-2H,3-5H2;(H,2,3,4,5). The van der Waals surface area contributed by atoms with Crippen LogP contribution in [0.5, 0.6) is 0 Å². The lowest BCUT2D eigenvalue weighted by atomic mass is 10.6. The maximum Gasteiger partial charge on any atom is 0.0777 e. The van der Waals surface area contributed by atoms with Crippen molar-refractivity contribution in [2.24, 2.45) is 11.5 Å². The topological polar surface area (TPSA) is 141 Å². The number of halogens is 1. The van der Waals surface area contributed by atoms with Gasteiger partial charge in [-0.3, -0.25) is 0 Å². The summed E-state index contributed by atoms with van der Waals surface area (Å²) in [5.41, 5.74) is 9.85. The molecule has 0 saturated heterocycles. The Hall–Kier alpha value is -0.370. The van der Waals surface area contributed by atoms with Crippen molar-refractivity contribution in [3.8, 4) is 0 Å². The van der Waals surface area contributed by atoms with Crippen LogP contribution in [-0.4, -0.2) is 11.2 Å². The van der Waals surface area contributed by atoms with Gasteiger partial charge in [-0.15, -0.1) is 0 Å². The highest BCUT2D eigenvalue weighted by Gasteiger charge is 1.98. The van der Waals surface area contributed by atoms with Gasteiger partial charge in [0.05, 0.1) is 14.9 Å². The largest absolute Gasteiger partial charge is 0.405 e. The Kier molecular flexibility index (Phi) is 8.31. The van der Waals surface area contributed by atoms with Gasteiger partial charge in [0.15, 0.2) is 0 Å². The second-order valence-electron chi connectivity index (χ2n) is 1.06. The summed E-state index contributed by atoms with van der Waals surface area (Å²) in [6, 6.07) is 0. The van der Waals surface area contributed by atoms with Gasteiger partial charge in [0.2, 0.25) is 0 Å². The highest BCUT2D eigenvalue weighted by molar-refractivity contribution is 4.75. The van der Waals surface area contributed by atoms with Gasteiger partial charge >= 0.3 is 0 Å². The molecule has 6 nitrogen and oxygen atoms in total. The van der Waals surface area contributed by atoms with Crippen LogP contribution in [-0.2, 0) is 0 Å². The average molecular weight is 173 g/mol. The Balaban J connectivity index is 0. The second-order valence-corrected chi connectivity index (χ2v) is 1.85. The monoisotopic (exact) mass is 172 g/mol. The van der Waals surface area contributed by atoms with Crippen LogP contribution >= 0.6 is 0 Å². The van der Waals surface area contributed by atoms with Crippen molar-refractivity contribution in [1.29, 1.82) is 0 Å². The minimum Gasteiger partial charge on any atom is -0.405 e. The van der Waals surface area contributed by atoms with E-state index in [9.17, 15) is 0 Å². The van der Waals surface area contributed by atoms with E-state index >= 15 is 0 Å². The third kappa shape index (κ3) is 126. The van der Waals surface area contributed by atoms with Crippen molar-refractivity contribution in [2.75, 3.05) is 6.54 Å². The van der Waals surface area contributed by atoms with E-state index in [-0.39, 0.29) is 0 Å². The zero-order valence-electron chi connectivity index (χ0n) is 5.07. The van der Waals surface area contributed by atoms with Crippen LogP contribution in [0.25, 0.3) is 0 Å². The molecule has 0 aliphatic carbocycles. The lowest BCUT2D eigenvalue weighted by Gasteiger charge is -2.03. The molecule has 0 aromatic heterocycles. The molecule has 10 heavy (non-hydrogen) atoms. The van der Waals surface area contributed by atoms with E-state index in [2.05, 4.69) is 0 Å². The fraction of sp³-hybridized carbons (Fsp3) is 0.333. The number of rotatable bonds is 1. The maximum atomic E-state index is 8.60. The first-order valence-corrected chi connectivity index (χ1v) is 3.38. The third-order valence-corrected chi connectivity index (χ3v) is 0.272. The fourth-order valence-corrected chi connectivity index (χ4v) is 0.0786. The van der Waals surface area contributed by atoms with E-state index in [0.717, 1.165) is 0 Å². The molecular formula is C3H9ClN2O4. The number of hydrogen-bond donors (Lipinski definition) is 3. The lowest BCUT2D eigenvalue weighted by Crippen LogP contribution is -2.58. The summed E-state index contributed by atoms with van der Waals surface area (Å²) in [5, 5.41) is 0. The first-order chi connectivity index (χ1) is 4.41. The molecule has 0 radical (unpaired) electrons. The molecule has 0 heterocycles. The molecule has 0 bridgehead atoms. The molecule has 0 aromatic carbocycles. The summed E-state index contributed by atoms with van der Waals surface area (Å²) < 4.78 is 32.7. The first kappa shape index (κ1) is 12.3. The van der Waals surface area contributed by atoms with E-state index < -0.39 is 10.2 Å². The van der Waals surface area contributed by atoms with Crippen LogP contribution in [0.1, 0.15) is 0 Å². The van der Waals surface area contributed by atoms with Crippen LogP contribution in [0.2, 0.25) is 0 Å². The summed E-state index contributed by atoms with van der Waals surface area (Å²) in [7, 11) is -4.69. The summed E-state index contributed by atoms with van der Waals surface area (Å²) in [4.78, 5) is 0. The van der Waals surface area contributed by atoms with Crippen molar-refractivity contribution in [1.82, 2.24) is 0 Å². The normalized spacial score (nSPS) is 10.9. The Morgan fingerprint density at radius 2 is 1.70 bits per heavy atom. The van der Waals surface area contributed by atoms with E-state index in [4.69, 9.17) is 30.1 Å². The van der Waals surface area contributed by atoms with E-state index in [1.165, 1.54) is 6.20 Å². The Labute approximate surface area is 60.1 Å². The van der Waals surface area contributed by atoms with Crippen LogP contribution in [0.3, 0.4) is 0 Å². The predicted octanol–water partition coefficient (Wildman–Crippen LogP) is -4.71. The van der Waals surface area contributed by atoms with E-state index in [1.807, 2.05) is 0 Å². The molecule has 0 rings (SSSR count). The van der Waals surface area contributed by atoms with E-state index in [0.29, 0.717) is 6.54 Å². The van der Waals surface area contributed by atoms with Crippen LogP contribution in [0.4, 0.5) is 0 Å². The predicted molar refractivity (Wildman–Crippen MR) is 24.6 cm³/mol. The Morgan fingerprint density at radius 3 is 1.70 bits per heavy atom. The first-order valence-electron chi connectivity index (χ1n) is 2.12. The second kappa shape index (κ2) is 6.75. The van der Waals surface area contributed by atoms with Crippen LogP contribution < -0.4 is 25.4 Å². The summed E-state index contributed by atoms with van der Waals surface area (Å²) in [6.07, 6.45) is 3.11. The molecule has 0 aliphatic rings. The summed E-state index contributed by atoms with van der Waals surface area (Å²) in [5.74, 6) is 0. The van der Waals surface area contributed by atoms with Gasteiger partial charge < -0.3 is 11.5 Å². The Bertz CT molecular complexity index is 85.0. The number of nitrogens with two attached hydrogens (primary N) is 2. The number of hydrogen-bond acceptors (Lipinski definition) is 6. The molecule has 62 valence electrons. The molecule has 0 spiro atoms. The zero-order chi connectivity index (χ0) is 8.62. The lowest BCUT2D eigenvalue weighted by molar-refractivity contribution is -1.92. The molecule has 5 N–H and O–H groups in total. The van der Waals surface area contributed by atoms with Gasteiger partial charge in [0, 0.05) is 6.54 Å². The molecule has 0 aliphatic heterocycles. The maximum absolute atomic E-state index is 8.60. The Morgan fingerprint density at radius 1 is 1.40 bits per heavy atom. The molecule has 0 fully saturated rings. The van der Waals surface area contributed by atoms with Gasteiger partial charge in [-0.05, 0) is 6.20 Å². The summed E-state index contributed by atoms with van der Waals surface area (Å²) in [6.45, 7) is 0.538. The van der Waals surface area contributed by atoms with E-state index in [1.54, 1.807) is 6.08 Å². The van der Waals surface area contributed by atoms with Gasteiger partial charge in [0.25, 0.3) is 0 Å². The van der Waals surface area contributed by atoms with Crippen molar-refractivity contribution < 1.29 is 28.9 Å². The highest BCUT2D eigenvalue weighted by Crippen LogP contribution is 1.60. The summed E-state index contributed by atoms with van der Waals surface area (Å²) >= 11 is 0. The molecule has 0 aromatic rings. The SMILES string of the molecule is NC=CCN.[O-][Cl+3]([O-])([O-])O. The molecule has 7 heteroatoms. The fourth-order valence-electron chi connectivity index (χ4n) is 0.0786. The van der Waals surface area contributed by atoms with Gasteiger partial charge in [-0.2, -0.15) is 14.0 Å². The minimum absolute atomic E-state index is 0.538. The highest BCUT2D eigenvalue weighted by atomic mass is 35.7. The van der Waals surface area contributed by atoms with Crippen molar-refractivity contribution in [3.05, 3.63) is 12.3 Å². The van der Waals surface area contributed by atoms with Crippen molar-refractivity contribution in [3.63, 3.8) is 0 Å². The van der Waals surface area contributed by atoms with Crippen molar-refractivity contribution in [2.45, 2.75) is 0 Å². The van der Waals surface area contributed by atoms with Gasteiger partial charge in [-0.25, -0.2) is 0 Å². The third-order valence-electron chi connectivity index (χ3n) is 0.272. The van der Waals surface area contributed by atoms with Crippen molar-refractivity contribution >= 4 is 0 Å². The van der Waals surface area contributed by atoms with Gasteiger partial charge in [-0.1, -0.05) is 6.08 Å². The smallest absolute Gasteiger partial charge is 0.0777 e. The van der Waals surface area contributed by atoms with Crippen LogP contribution in [0.15, 0.2) is 12.3 Å².